The number of methoxy groups -OCH3 is 1. The number of amides is 1. The van der Waals surface area contributed by atoms with Gasteiger partial charge in [-0.15, -0.1) is 0 Å². The van der Waals surface area contributed by atoms with Crippen LogP contribution in [0.4, 0.5) is 11.4 Å². The van der Waals surface area contributed by atoms with Crippen molar-refractivity contribution in [3.63, 3.8) is 0 Å². The Labute approximate surface area is 238 Å². The van der Waals surface area contributed by atoms with Gasteiger partial charge in [-0.1, -0.05) is 29.8 Å². The Hall–Kier alpha value is -3.72. The number of ether oxygens (including phenoxy) is 1. The zero-order valence-corrected chi connectivity index (χ0v) is 23.8. The Morgan fingerprint density at radius 2 is 1.90 bits per heavy atom. The summed E-state index contributed by atoms with van der Waals surface area (Å²) >= 11 is 12.5. The number of thiocarbonyl (C=S) groups is 1. The van der Waals surface area contributed by atoms with Crippen LogP contribution >= 0.6 is 23.8 Å². The van der Waals surface area contributed by atoms with Crippen LogP contribution in [0.1, 0.15) is 40.3 Å². The molecule has 9 heteroatoms. The molecule has 200 valence electrons. The first-order valence-electron chi connectivity index (χ1n) is 12.6. The summed E-state index contributed by atoms with van der Waals surface area (Å²) in [5, 5.41) is 7.28. The number of carbonyl (C=O) groups excluding carboxylic acids is 1. The number of carbonyl (C=O) groups is 1. The van der Waals surface area contributed by atoms with Crippen molar-refractivity contribution < 1.29 is 9.53 Å². The molecule has 39 heavy (non-hydrogen) atoms. The fourth-order valence-corrected chi connectivity index (χ4v) is 5.84. The maximum absolute atomic E-state index is 12.1. The lowest BCUT2D eigenvalue weighted by molar-refractivity contribution is -0.119. The van der Waals surface area contributed by atoms with Crippen LogP contribution in [-0.2, 0) is 9.53 Å². The second kappa shape index (κ2) is 11.2. The van der Waals surface area contributed by atoms with Gasteiger partial charge in [0.15, 0.2) is 5.11 Å². The molecule has 1 aliphatic heterocycles. The Balaban J connectivity index is 1.61. The van der Waals surface area contributed by atoms with Crippen LogP contribution in [0, 0.1) is 20.8 Å². The Morgan fingerprint density at radius 3 is 2.59 bits per heavy atom. The minimum absolute atomic E-state index is 0.0530. The maximum atomic E-state index is 12.1. The van der Waals surface area contributed by atoms with Gasteiger partial charge in [-0.3, -0.25) is 9.78 Å². The first-order valence-corrected chi connectivity index (χ1v) is 13.4. The number of pyridine rings is 1. The van der Waals surface area contributed by atoms with Gasteiger partial charge in [0.25, 0.3) is 0 Å². The minimum atomic E-state index is -0.276. The predicted molar refractivity (Wildman–Crippen MR) is 160 cm³/mol. The zero-order chi connectivity index (χ0) is 27.7. The molecule has 2 aromatic carbocycles. The lowest BCUT2D eigenvalue weighted by atomic mass is 9.96. The summed E-state index contributed by atoms with van der Waals surface area (Å²) in [5.74, 6) is -0.276. The third-order valence-corrected chi connectivity index (χ3v) is 7.55. The van der Waals surface area contributed by atoms with Gasteiger partial charge in [0, 0.05) is 36.1 Å². The number of anilines is 2. The third-order valence-electron chi connectivity index (χ3n) is 6.93. The SMILES string of the molecule is COCC(=O)Nc1ccc(N2C(=S)N[C@H](c3ccccn3)[C@H]2c2cc(C)n(-c3cccc(C)c3)c2C)cc1Cl. The van der Waals surface area contributed by atoms with Crippen LogP contribution in [0.25, 0.3) is 5.69 Å². The van der Waals surface area contributed by atoms with E-state index < -0.39 is 0 Å². The molecule has 7 nitrogen and oxygen atoms in total. The summed E-state index contributed by atoms with van der Waals surface area (Å²) in [4.78, 5) is 18.8. The van der Waals surface area contributed by atoms with Crippen LogP contribution in [0.2, 0.25) is 5.02 Å². The van der Waals surface area contributed by atoms with Crippen molar-refractivity contribution >= 4 is 46.2 Å². The van der Waals surface area contributed by atoms with E-state index in [1.54, 1.807) is 12.3 Å². The molecule has 2 N–H and O–H groups in total. The first kappa shape index (κ1) is 26.9. The second-order valence-corrected chi connectivity index (χ2v) is 10.4. The Kier molecular flexibility index (Phi) is 7.70. The lowest BCUT2D eigenvalue weighted by Crippen LogP contribution is -2.29. The molecule has 1 aliphatic rings. The average molecular weight is 560 g/mol. The highest BCUT2D eigenvalue weighted by Gasteiger charge is 2.42. The molecule has 0 saturated carbocycles. The van der Waals surface area contributed by atoms with Gasteiger partial charge in [0.05, 0.1) is 28.5 Å². The van der Waals surface area contributed by atoms with Crippen molar-refractivity contribution in [2.75, 3.05) is 23.9 Å². The highest BCUT2D eigenvalue weighted by atomic mass is 35.5. The number of aryl methyl sites for hydroxylation is 2. The van der Waals surface area contributed by atoms with E-state index in [1.807, 2.05) is 30.3 Å². The standard InChI is InChI=1S/C30H30ClN5O2S/c1-18-8-7-9-21(14-18)35-19(2)15-23(20(35)3)29-28(26-10-5-6-13-32-26)34-30(39)36(29)22-11-12-25(24(31)16-22)33-27(37)17-38-4/h5-16,28-29H,17H2,1-4H3,(H,33,37)(H,34,39)/t28-,29-/m1/s1. The van der Waals surface area contributed by atoms with Gasteiger partial charge in [-0.2, -0.15) is 0 Å². The lowest BCUT2D eigenvalue weighted by Gasteiger charge is -2.28. The molecule has 1 saturated heterocycles. The average Bonchev–Trinajstić information content (AvgIpc) is 3.40. The van der Waals surface area contributed by atoms with Gasteiger partial charge in [-0.25, -0.2) is 0 Å². The number of benzene rings is 2. The van der Waals surface area contributed by atoms with E-state index in [0.717, 1.165) is 34.0 Å². The summed E-state index contributed by atoms with van der Waals surface area (Å²) in [6.07, 6.45) is 1.80. The number of rotatable bonds is 7. The topological polar surface area (TPSA) is 71.4 Å². The number of nitrogens with zero attached hydrogens (tertiary/aromatic N) is 3. The van der Waals surface area contributed by atoms with Crippen molar-refractivity contribution in [3.8, 4) is 5.69 Å². The minimum Gasteiger partial charge on any atom is -0.375 e. The summed E-state index contributed by atoms with van der Waals surface area (Å²) in [6, 6.07) is 21.8. The van der Waals surface area contributed by atoms with Gasteiger partial charge in [0.2, 0.25) is 5.91 Å². The summed E-state index contributed by atoms with van der Waals surface area (Å²) in [5.41, 5.74) is 7.90. The summed E-state index contributed by atoms with van der Waals surface area (Å²) < 4.78 is 7.19. The van der Waals surface area contributed by atoms with Gasteiger partial charge >= 0.3 is 0 Å². The fourth-order valence-electron chi connectivity index (χ4n) is 5.27. The van der Waals surface area contributed by atoms with E-state index in [1.165, 1.54) is 12.7 Å². The Bertz CT molecular complexity index is 1540. The second-order valence-electron chi connectivity index (χ2n) is 9.64. The molecule has 0 aliphatic carbocycles. The van der Waals surface area contributed by atoms with Crippen molar-refractivity contribution in [1.29, 1.82) is 0 Å². The molecule has 5 rings (SSSR count). The van der Waals surface area contributed by atoms with Crippen LogP contribution in [0.15, 0.2) is 72.9 Å². The predicted octanol–water partition coefficient (Wildman–Crippen LogP) is 6.21. The van der Waals surface area contributed by atoms with Gasteiger partial charge in [-0.05, 0) is 92.6 Å². The highest BCUT2D eigenvalue weighted by molar-refractivity contribution is 7.80. The van der Waals surface area contributed by atoms with Crippen LogP contribution in [0.3, 0.4) is 0 Å². The molecule has 1 amide bonds. The van der Waals surface area contributed by atoms with E-state index in [-0.39, 0.29) is 24.6 Å². The molecule has 0 radical (unpaired) electrons. The summed E-state index contributed by atoms with van der Waals surface area (Å²) in [6.45, 7) is 6.31. The quantitative estimate of drug-likeness (QED) is 0.262. The van der Waals surface area contributed by atoms with Crippen LogP contribution < -0.4 is 15.5 Å². The first-order chi connectivity index (χ1) is 18.8. The molecule has 1 fully saturated rings. The third kappa shape index (κ3) is 5.28. The molecule has 0 unspecified atom stereocenters. The molecule has 0 spiro atoms. The molecule has 4 aromatic rings. The van der Waals surface area contributed by atoms with Gasteiger partial charge in [0.1, 0.15) is 6.61 Å². The molecular weight excluding hydrogens is 530 g/mol. The van der Waals surface area contributed by atoms with Crippen molar-refractivity contribution in [1.82, 2.24) is 14.9 Å². The Morgan fingerprint density at radius 1 is 1.08 bits per heavy atom. The number of hydrogen-bond acceptors (Lipinski definition) is 4. The molecule has 3 heterocycles. The smallest absolute Gasteiger partial charge is 0.250 e. The van der Waals surface area contributed by atoms with E-state index in [9.17, 15) is 4.79 Å². The summed E-state index contributed by atoms with van der Waals surface area (Å²) in [7, 11) is 1.47. The highest BCUT2D eigenvalue weighted by Crippen LogP contribution is 2.44. The fraction of sp³-hybridized carbons (Fsp3) is 0.233. The van der Waals surface area contributed by atoms with Crippen molar-refractivity contribution in [2.24, 2.45) is 0 Å². The molecule has 2 aromatic heterocycles. The number of aromatic nitrogens is 2. The van der Waals surface area contributed by atoms with Crippen LogP contribution in [0.5, 0.6) is 0 Å². The molecule has 2 atom stereocenters. The molecular formula is C30H30ClN5O2S. The van der Waals surface area contributed by atoms with Crippen LogP contribution in [-0.4, -0.2) is 34.3 Å². The molecule has 0 bridgehead atoms. The van der Waals surface area contributed by atoms with E-state index in [4.69, 9.17) is 28.6 Å². The monoisotopic (exact) mass is 559 g/mol. The zero-order valence-electron chi connectivity index (χ0n) is 22.2. The van der Waals surface area contributed by atoms with E-state index in [0.29, 0.717) is 15.8 Å². The van der Waals surface area contributed by atoms with E-state index >= 15 is 0 Å². The van der Waals surface area contributed by atoms with Crippen molar-refractivity contribution in [3.05, 3.63) is 106 Å². The number of nitrogens with one attached hydrogen (secondary N) is 2. The maximum Gasteiger partial charge on any atom is 0.250 e. The van der Waals surface area contributed by atoms with E-state index in [2.05, 4.69) is 76.2 Å². The van der Waals surface area contributed by atoms with Crippen molar-refractivity contribution in [2.45, 2.75) is 32.9 Å². The normalized spacial score (nSPS) is 16.8. The number of halogens is 1. The number of hydrogen-bond donors (Lipinski definition) is 2. The largest absolute Gasteiger partial charge is 0.375 e. The van der Waals surface area contributed by atoms with Gasteiger partial charge < -0.3 is 24.8 Å².